The van der Waals surface area contributed by atoms with E-state index in [-0.39, 0.29) is 0 Å². The van der Waals surface area contributed by atoms with Crippen LogP contribution in [0.25, 0.3) is 0 Å². The van der Waals surface area contributed by atoms with Crippen LogP contribution < -0.4 is 5.32 Å². The Morgan fingerprint density at radius 1 is 1.19 bits per heavy atom. The highest BCUT2D eigenvalue weighted by Gasteiger charge is 2.00. The standard InChI is InChI=1S/C14H21NO/c1-2-3-5-10-14(16)12-15-11-13-8-6-4-7-9-13/h4,6-9,15H,2-3,5,10-12H2,1H3. The number of ketones is 1. The molecule has 0 unspecified atom stereocenters. The Labute approximate surface area is 98.1 Å². The zero-order chi connectivity index (χ0) is 11.6. The lowest BCUT2D eigenvalue weighted by Crippen LogP contribution is -2.22. The van der Waals surface area contributed by atoms with Crippen LogP contribution in [-0.2, 0) is 11.3 Å². The SMILES string of the molecule is CCCCCC(=O)CNCc1ccccc1. The molecule has 0 radical (unpaired) electrons. The Morgan fingerprint density at radius 3 is 2.62 bits per heavy atom. The molecule has 0 saturated carbocycles. The summed E-state index contributed by atoms with van der Waals surface area (Å²) >= 11 is 0. The second-order valence-electron chi connectivity index (χ2n) is 4.08. The van der Waals surface area contributed by atoms with Crippen LogP contribution in [0.1, 0.15) is 38.2 Å². The van der Waals surface area contributed by atoms with E-state index in [1.807, 2.05) is 18.2 Å². The van der Waals surface area contributed by atoms with E-state index in [0.29, 0.717) is 12.3 Å². The van der Waals surface area contributed by atoms with E-state index in [0.717, 1.165) is 25.8 Å². The predicted octanol–water partition coefficient (Wildman–Crippen LogP) is 2.93. The Bertz CT molecular complexity index is 295. The number of carbonyl (C=O) groups is 1. The van der Waals surface area contributed by atoms with Crippen LogP contribution in [0.15, 0.2) is 30.3 Å². The van der Waals surface area contributed by atoms with Gasteiger partial charge in [0.1, 0.15) is 5.78 Å². The maximum absolute atomic E-state index is 11.4. The number of nitrogens with one attached hydrogen (secondary N) is 1. The molecule has 0 saturated heterocycles. The number of carbonyl (C=O) groups excluding carboxylic acids is 1. The first-order valence-electron chi connectivity index (χ1n) is 6.09. The van der Waals surface area contributed by atoms with Gasteiger partial charge in [-0.05, 0) is 12.0 Å². The summed E-state index contributed by atoms with van der Waals surface area (Å²) in [4.78, 5) is 11.4. The van der Waals surface area contributed by atoms with Crippen LogP contribution in [0.4, 0.5) is 0 Å². The molecule has 0 aliphatic carbocycles. The lowest BCUT2D eigenvalue weighted by molar-refractivity contribution is -0.118. The molecule has 0 atom stereocenters. The number of rotatable bonds is 8. The second kappa shape index (κ2) is 8.05. The van der Waals surface area contributed by atoms with Gasteiger partial charge in [-0.15, -0.1) is 0 Å². The molecule has 0 heterocycles. The molecule has 0 bridgehead atoms. The fourth-order valence-corrected chi connectivity index (χ4v) is 1.60. The number of Topliss-reactive ketones (excluding diaryl/α,β-unsaturated/α-hetero) is 1. The van der Waals surface area contributed by atoms with Gasteiger partial charge in [-0.1, -0.05) is 50.1 Å². The summed E-state index contributed by atoms with van der Waals surface area (Å²) in [5.74, 6) is 0.324. The Kier molecular flexibility index (Phi) is 6.50. The zero-order valence-electron chi connectivity index (χ0n) is 10.0. The van der Waals surface area contributed by atoms with Crippen molar-refractivity contribution in [2.45, 2.75) is 39.2 Å². The maximum atomic E-state index is 11.4. The summed E-state index contributed by atoms with van der Waals surface area (Å²) in [5.41, 5.74) is 1.23. The summed E-state index contributed by atoms with van der Waals surface area (Å²) in [5, 5.41) is 3.18. The van der Waals surface area contributed by atoms with Crippen molar-refractivity contribution in [1.82, 2.24) is 5.32 Å². The predicted molar refractivity (Wildman–Crippen MR) is 67.3 cm³/mol. The lowest BCUT2D eigenvalue weighted by Gasteiger charge is -2.04. The van der Waals surface area contributed by atoms with Crippen molar-refractivity contribution in [3.63, 3.8) is 0 Å². The molecule has 1 rings (SSSR count). The number of hydrogen-bond donors (Lipinski definition) is 1. The van der Waals surface area contributed by atoms with E-state index in [4.69, 9.17) is 0 Å². The molecule has 1 N–H and O–H groups in total. The third-order valence-corrected chi connectivity index (χ3v) is 2.55. The highest BCUT2D eigenvalue weighted by Crippen LogP contribution is 2.00. The van der Waals surface area contributed by atoms with E-state index in [2.05, 4.69) is 24.4 Å². The highest BCUT2D eigenvalue weighted by molar-refractivity contribution is 5.80. The normalized spacial score (nSPS) is 10.3. The van der Waals surface area contributed by atoms with Gasteiger partial charge in [-0.25, -0.2) is 0 Å². The number of benzene rings is 1. The third kappa shape index (κ3) is 5.66. The van der Waals surface area contributed by atoms with Crippen molar-refractivity contribution in [3.8, 4) is 0 Å². The average Bonchev–Trinajstić information content (AvgIpc) is 2.31. The summed E-state index contributed by atoms with van der Waals surface area (Å²) in [6.07, 6.45) is 4.08. The van der Waals surface area contributed by atoms with Crippen LogP contribution in [0.5, 0.6) is 0 Å². The van der Waals surface area contributed by atoms with Gasteiger partial charge < -0.3 is 5.32 Å². The largest absolute Gasteiger partial charge is 0.306 e. The molecule has 2 nitrogen and oxygen atoms in total. The molecule has 88 valence electrons. The van der Waals surface area contributed by atoms with Crippen LogP contribution >= 0.6 is 0 Å². The molecule has 1 aromatic rings. The first-order chi connectivity index (χ1) is 7.83. The molecular formula is C14H21NO. The fraction of sp³-hybridized carbons (Fsp3) is 0.500. The molecule has 16 heavy (non-hydrogen) atoms. The van der Waals surface area contributed by atoms with Crippen molar-refractivity contribution in [2.75, 3.05) is 6.54 Å². The molecule has 1 aromatic carbocycles. The first-order valence-corrected chi connectivity index (χ1v) is 6.09. The molecule has 0 aliphatic rings. The molecule has 0 fully saturated rings. The van der Waals surface area contributed by atoms with Gasteiger partial charge in [0, 0.05) is 13.0 Å². The van der Waals surface area contributed by atoms with E-state index in [1.165, 1.54) is 12.0 Å². The molecular weight excluding hydrogens is 198 g/mol. The van der Waals surface area contributed by atoms with Crippen molar-refractivity contribution < 1.29 is 4.79 Å². The monoisotopic (exact) mass is 219 g/mol. The first kappa shape index (κ1) is 12.9. The minimum atomic E-state index is 0.324. The molecule has 0 spiro atoms. The van der Waals surface area contributed by atoms with E-state index in [1.54, 1.807) is 0 Å². The van der Waals surface area contributed by atoms with Gasteiger partial charge in [0.25, 0.3) is 0 Å². The smallest absolute Gasteiger partial charge is 0.146 e. The number of hydrogen-bond acceptors (Lipinski definition) is 2. The van der Waals surface area contributed by atoms with Crippen molar-refractivity contribution in [1.29, 1.82) is 0 Å². The molecule has 2 heteroatoms. The van der Waals surface area contributed by atoms with E-state index < -0.39 is 0 Å². The summed E-state index contributed by atoms with van der Waals surface area (Å²) in [7, 11) is 0. The molecule has 0 amide bonds. The van der Waals surface area contributed by atoms with Crippen molar-refractivity contribution in [2.24, 2.45) is 0 Å². The summed E-state index contributed by atoms with van der Waals surface area (Å²) < 4.78 is 0. The van der Waals surface area contributed by atoms with Gasteiger partial charge in [0.05, 0.1) is 6.54 Å². The van der Waals surface area contributed by atoms with E-state index >= 15 is 0 Å². The molecule has 0 aliphatic heterocycles. The van der Waals surface area contributed by atoms with Gasteiger partial charge in [-0.3, -0.25) is 4.79 Å². The van der Waals surface area contributed by atoms with Gasteiger partial charge >= 0.3 is 0 Å². The fourth-order valence-electron chi connectivity index (χ4n) is 1.60. The lowest BCUT2D eigenvalue weighted by atomic mass is 10.1. The topological polar surface area (TPSA) is 29.1 Å². The van der Waals surface area contributed by atoms with E-state index in [9.17, 15) is 4.79 Å². The van der Waals surface area contributed by atoms with Crippen LogP contribution in [0.3, 0.4) is 0 Å². The van der Waals surface area contributed by atoms with Gasteiger partial charge in [0.2, 0.25) is 0 Å². The van der Waals surface area contributed by atoms with Crippen molar-refractivity contribution >= 4 is 5.78 Å². The minimum Gasteiger partial charge on any atom is -0.306 e. The van der Waals surface area contributed by atoms with Crippen LogP contribution in [0, 0.1) is 0 Å². The van der Waals surface area contributed by atoms with Gasteiger partial charge in [0.15, 0.2) is 0 Å². The second-order valence-corrected chi connectivity index (χ2v) is 4.08. The highest BCUT2D eigenvalue weighted by atomic mass is 16.1. The molecule has 0 aromatic heterocycles. The Hall–Kier alpha value is -1.15. The van der Waals surface area contributed by atoms with Crippen molar-refractivity contribution in [3.05, 3.63) is 35.9 Å². The number of unbranched alkanes of at least 4 members (excludes halogenated alkanes) is 2. The zero-order valence-corrected chi connectivity index (χ0v) is 10.0. The quantitative estimate of drug-likeness (QED) is 0.681. The average molecular weight is 219 g/mol. The summed E-state index contributed by atoms with van der Waals surface area (Å²) in [6.45, 7) is 3.43. The third-order valence-electron chi connectivity index (χ3n) is 2.55. The Morgan fingerprint density at radius 2 is 1.94 bits per heavy atom. The van der Waals surface area contributed by atoms with Gasteiger partial charge in [-0.2, -0.15) is 0 Å². The Balaban J connectivity index is 2.09. The maximum Gasteiger partial charge on any atom is 0.146 e. The van der Waals surface area contributed by atoms with Crippen LogP contribution in [-0.4, -0.2) is 12.3 Å². The van der Waals surface area contributed by atoms with Crippen LogP contribution in [0.2, 0.25) is 0 Å². The summed E-state index contributed by atoms with van der Waals surface area (Å²) in [6, 6.07) is 10.2. The minimum absolute atomic E-state index is 0.324.